The Kier molecular flexibility index (Phi) is 19.1. The maximum absolute atomic E-state index is 14.2. The molecule has 0 bridgehead atoms. The van der Waals surface area contributed by atoms with Gasteiger partial charge in [-0.25, -0.2) is 0 Å². The fourth-order valence-electron chi connectivity index (χ4n) is 12.2. The third-order valence-electron chi connectivity index (χ3n) is 16.3. The molecular formula is C72H80O8. The minimum absolute atomic E-state index is 0.218. The van der Waals surface area contributed by atoms with E-state index in [1.165, 1.54) is 44.5 Å². The zero-order valence-corrected chi connectivity index (χ0v) is 47.7. The molecule has 0 atom stereocenters. The van der Waals surface area contributed by atoms with Crippen molar-refractivity contribution in [3.05, 3.63) is 156 Å². The molecule has 8 heteroatoms. The van der Waals surface area contributed by atoms with Crippen LogP contribution in [-0.4, -0.2) is 38.4 Å². The second kappa shape index (κ2) is 27.2. The Balaban J connectivity index is 1.03. The molecular weight excluding hydrogens is 993 g/mol. The van der Waals surface area contributed by atoms with Crippen LogP contribution < -0.4 is 28.4 Å². The van der Waals surface area contributed by atoms with Crippen LogP contribution in [0.15, 0.2) is 133 Å². The van der Waals surface area contributed by atoms with Crippen molar-refractivity contribution in [3.63, 3.8) is 0 Å². The van der Waals surface area contributed by atoms with Gasteiger partial charge < -0.3 is 28.4 Å². The SMILES string of the molecule is CCCCCOc1cc2c(cc1OCCCCC)c1cc(OC(=O)CCCC3c4ccccc4-c4ccccc43)c(OCCCCC)cc1c1cc(OCCCCC)c(OC(=O)CCCC3c4ccccc4-c4ccccc43)cc21. The van der Waals surface area contributed by atoms with E-state index in [0.717, 1.165) is 122 Å². The third-order valence-corrected chi connectivity index (χ3v) is 16.3. The van der Waals surface area contributed by atoms with E-state index < -0.39 is 0 Å². The van der Waals surface area contributed by atoms with Crippen molar-refractivity contribution < 1.29 is 38.0 Å². The highest BCUT2D eigenvalue weighted by Gasteiger charge is 2.30. The Labute approximate surface area is 474 Å². The lowest BCUT2D eigenvalue weighted by Gasteiger charge is -2.20. The second-order valence-corrected chi connectivity index (χ2v) is 21.9. The van der Waals surface area contributed by atoms with Gasteiger partial charge >= 0.3 is 11.9 Å². The molecule has 10 rings (SSSR count). The molecule has 0 N–H and O–H groups in total. The van der Waals surface area contributed by atoms with Gasteiger partial charge in [-0.05, 0) is 165 Å². The molecule has 2 aliphatic carbocycles. The van der Waals surface area contributed by atoms with Crippen LogP contribution in [0.3, 0.4) is 0 Å². The number of unbranched alkanes of at least 4 members (excludes halogenated alkanes) is 8. The van der Waals surface area contributed by atoms with Crippen molar-refractivity contribution in [3.8, 4) is 56.8 Å². The second-order valence-electron chi connectivity index (χ2n) is 21.9. The molecule has 0 saturated carbocycles. The maximum atomic E-state index is 14.2. The molecule has 0 radical (unpaired) electrons. The zero-order chi connectivity index (χ0) is 55.2. The molecule has 8 aromatic rings. The van der Waals surface area contributed by atoms with Gasteiger partial charge in [0.25, 0.3) is 0 Å². The molecule has 0 saturated heterocycles. The van der Waals surface area contributed by atoms with Crippen LogP contribution in [0.4, 0.5) is 0 Å². The van der Waals surface area contributed by atoms with Gasteiger partial charge in [-0.3, -0.25) is 9.59 Å². The van der Waals surface area contributed by atoms with Gasteiger partial charge in [0.1, 0.15) is 0 Å². The first kappa shape index (κ1) is 56.0. The average molecular weight is 1070 g/mol. The summed E-state index contributed by atoms with van der Waals surface area (Å²) in [5.74, 6) is 2.92. The van der Waals surface area contributed by atoms with Crippen molar-refractivity contribution in [2.45, 2.75) is 155 Å². The van der Waals surface area contributed by atoms with Gasteiger partial charge in [0.2, 0.25) is 0 Å². The van der Waals surface area contributed by atoms with Gasteiger partial charge in [-0.1, -0.05) is 176 Å². The normalized spacial score (nSPS) is 12.6. The number of carbonyl (C=O) groups is 2. The maximum Gasteiger partial charge on any atom is 0.311 e. The molecule has 0 spiro atoms. The van der Waals surface area contributed by atoms with Crippen LogP contribution in [0.25, 0.3) is 54.6 Å². The first-order valence-electron chi connectivity index (χ1n) is 30.2. The molecule has 2 aliphatic rings. The van der Waals surface area contributed by atoms with Gasteiger partial charge in [0.05, 0.1) is 26.4 Å². The number of carbonyl (C=O) groups excluding carboxylic acids is 2. The highest BCUT2D eigenvalue weighted by molar-refractivity contribution is 6.27. The lowest BCUT2D eigenvalue weighted by molar-refractivity contribution is -0.135. The summed E-state index contributed by atoms with van der Waals surface area (Å²) in [6.07, 6.45) is 15.4. The van der Waals surface area contributed by atoms with Crippen LogP contribution in [0.5, 0.6) is 34.5 Å². The Morgan fingerprint density at radius 3 is 0.850 bits per heavy atom. The van der Waals surface area contributed by atoms with Gasteiger partial charge in [0, 0.05) is 24.7 Å². The summed E-state index contributed by atoms with van der Waals surface area (Å²) >= 11 is 0. The molecule has 0 aromatic heterocycles. The van der Waals surface area contributed by atoms with Crippen LogP contribution in [-0.2, 0) is 9.59 Å². The lowest BCUT2D eigenvalue weighted by Crippen LogP contribution is -2.11. The zero-order valence-electron chi connectivity index (χ0n) is 47.7. The summed E-state index contributed by atoms with van der Waals surface area (Å²) in [6, 6.07) is 46.7. The summed E-state index contributed by atoms with van der Waals surface area (Å²) < 4.78 is 39.5. The number of esters is 2. The van der Waals surface area contributed by atoms with E-state index in [-0.39, 0.29) is 36.6 Å². The number of benzene rings is 8. The van der Waals surface area contributed by atoms with Crippen molar-refractivity contribution in [1.82, 2.24) is 0 Å². The summed E-state index contributed by atoms with van der Waals surface area (Å²) in [5.41, 5.74) is 10.4. The largest absolute Gasteiger partial charge is 0.490 e. The summed E-state index contributed by atoms with van der Waals surface area (Å²) in [4.78, 5) is 28.4. The predicted octanol–water partition coefficient (Wildman–Crippen LogP) is 19.2. The molecule has 0 aliphatic heterocycles. The summed E-state index contributed by atoms with van der Waals surface area (Å²) in [6.45, 7) is 10.8. The number of hydrogen-bond acceptors (Lipinski definition) is 8. The summed E-state index contributed by atoms with van der Waals surface area (Å²) in [5, 5.41) is 5.28. The molecule has 0 fully saturated rings. The van der Waals surface area contributed by atoms with E-state index in [1.54, 1.807) is 0 Å². The monoisotopic (exact) mass is 1070 g/mol. The van der Waals surface area contributed by atoms with E-state index in [2.05, 4.69) is 137 Å². The van der Waals surface area contributed by atoms with Gasteiger partial charge in [0.15, 0.2) is 34.5 Å². The van der Waals surface area contributed by atoms with Crippen molar-refractivity contribution in [1.29, 1.82) is 0 Å². The number of ether oxygens (including phenoxy) is 6. The molecule has 8 nitrogen and oxygen atoms in total. The minimum Gasteiger partial charge on any atom is -0.490 e. The van der Waals surface area contributed by atoms with E-state index in [1.807, 2.05) is 24.3 Å². The smallest absolute Gasteiger partial charge is 0.311 e. The number of rotatable bonds is 30. The average Bonchev–Trinajstić information content (AvgIpc) is 3.65. The van der Waals surface area contributed by atoms with Gasteiger partial charge in [-0.15, -0.1) is 0 Å². The molecule has 0 unspecified atom stereocenters. The van der Waals surface area contributed by atoms with E-state index in [4.69, 9.17) is 28.4 Å². The Bertz CT molecular complexity index is 3090. The molecule has 8 aromatic carbocycles. The minimum atomic E-state index is -0.303. The highest BCUT2D eigenvalue weighted by atomic mass is 16.6. The number of hydrogen-bond donors (Lipinski definition) is 0. The molecule has 0 heterocycles. The first-order chi connectivity index (χ1) is 39.4. The van der Waals surface area contributed by atoms with E-state index in [9.17, 15) is 9.59 Å². The Hall–Kier alpha value is -7.32. The van der Waals surface area contributed by atoms with Crippen LogP contribution >= 0.6 is 0 Å². The van der Waals surface area contributed by atoms with Crippen LogP contribution in [0.2, 0.25) is 0 Å². The first-order valence-corrected chi connectivity index (χ1v) is 30.2. The van der Waals surface area contributed by atoms with Crippen molar-refractivity contribution >= 4 is 44.3 Å². The predicted molar refractivity (Wildman–Crippen MR) is 325 cm³/mol. The topological polar surface area (TPSA) is 89.5 Å². The third kappa shape index (κ3) is 12.7. The fraction of sp³-hybridized carbons (Fsp3) is 0.389. The Morgan fingerprint density at radius 2 is 0.575 bits per heavy atom. The molecule has 80 heavy (non-hydrogen) atoms. The van der Waals surface area contributed by atoms with Crippen LogP contribution in [0, 0.1) is 0 Å². The molecule has 416 valence electrons. The van der Waals surface area contributed by atoms with Gasteiger partial charge in [-0.2, -0.15) is 0 Å². The van der Waals surface area contributed by atoms with Crippen molar-refractivity contribution in [2.75, 3.05) is 26.4 Å². The van der Waals surface area contributed by atoms with Crippen LogP contribution in [0.1, 0.15) is 177 Å². The Morgan fingerprint density at radius 1 is 0.325 bits per heavy atom. The summed E-state index contributed by atoms with van der Waals surface area (Å²) in [7, 11) is 0. The lowest BCUT2D eigenvalue weighted by atomic mass is 9.91. The van der Waals surface area contributed by atoms with E-state index in [0.29, 0.717) is 73.8 Å². The number of fused-ring (bicyclic) bond motifs is 12. The standard InChI is InChI=1S/C72H80O8/c1-5-9-21-39-75-65-43-59-60(44-66(65)76-40-22-10-6-2)64-48-70(80-72(74)38-26-36-58-55-33-19-15-29-51(55)52-30-16-20-34-56(52)58)68(78-42-24-12-8-4)46-62(64)61-45-67(77-41-23-11-7-3)69(47-63(59)61)79-71(73)37-25-35-57-53-31-17-13-27-49(53)50-28-14-18-32-54(50)57/h13-20,27-34,43-48,57-58H,5-12,21-26,35-42H2,1-4H3. The quantitative estimate of drug-likeness (QED) is 0.0190. The van der Waals surface area contributed by atoms with Crippen molar-refractivity contribution in [2.24, 2.45) is 0 Å². The highest BCUT2D eigenvalue weighted by Crippen LogP contribution is 2.50. The molecule has 0 amide bonds. The fourth-order valence-corrected chi connectivity index (χ4v) is 12.2. The van der Waals surface area contributed by atoms with E-state index >= 15 is 0 Å².